The normalized spacial score (nSPS) is 11.9. The second-order valence-electron chi connectivity index (χ2n) is 8.94. The molecule has 0 bridgehead atoms. The average molecular weight is 603 g/mol. The number of hydrogen-bond acceptors (Lipinski definition) is 5. The second kappa shape index (κ2) is 12.4. The Balaban J connectivity index is 2.04. The number of carbonyl (C=O) groups excluding carboxylic acids is 2. The van der Waals surface area contributed by atoms with Crippen molar-refractivity contribution < 1.29 is 22.7 Å². The summed E-state index contributed by atoms with van der Waals surface area (Å²) < 4.78 is 34.6. The lowest BCUT2D eigenvalue weighted by Crippen LogP contribution is -2.50. The summed E-state index contributed by atoms with van der Waals surface area (Å²) in [6.45, 7) is 5.12. The van der Waals surface area contributed by atoms with Crippen molar-refractivity contribution in [3.63, 3.8) is 0 Å². The van der Waals surface area contributed by atoms with Crippen LogP contribution in [0.5, 0.6) is 5.75 Å². The Hall–Kier alpha value is -3.37. The number of ether oxygens (including phenoxy) is 1. The number of sulfonamides is 1. The van der Waals surface area contributed by atoms with E-state index in [-0.39, 0.29) is 17.3 Å². The van der Waals surface area contributed by atoms with E-state index in [1.165, 1.54) is 31.2 Å². The number of likely N-dealkylation sites (N-methyl/N-ethyl adjacent to an activating group) is 1. The fraction of sp³-hybridized carbons (Fsp3) is 0.286. The molecule has 0 spiro atoms. The zero-order chi connectivity index (χ0) is 28.0. The third kappa shape index (κ3) is 6.73. The lowest BCUT2D eigenvalue weighted by Gasteiger charge is -2.32. The van der Waals surface area contributed by atoms with Crippen LogP contribution < -0.4 is 14.4 Å². The van der Waals surface area contributed by atoms with Crippen molar-refractivity contribution in [2.45, 2.75) is 38.3 Å². The Morgan fingerprint density at radius 2 is 1.55 bits per heavy atom. The van der Waals surface area contributed by atoms with Crippen molar-refractivity contribution in [3.8, 4) is 5.75 Å². The number of amides is 2. The quantitative estimate of drug-likeness (QED) is 0.371. The van der Waals surface area contributed by atoms with Gasteiger partial charge in [-0.15, -0.1) is 0 Å². The highest BCUT2D eigenvalue weighted by Crippen LogP contribution is 2.31. The maximum Gasteiger partial charge on any atom is 0.264 e. The number of nitrogens with zero attached hydrogens (tertiary/aromatic N) is 2. The molecule has 202 valence electrons. The molecule has 0 saturated heterocycles. The molecule has 3 aromatic carbocycles. The minimum Gasteiger partial charge on any atom is -0.496 e. The minimum atomic E-state index is -4.17. The van der Waals surface area contributed by atoms with Crippen molar-refractivity contribution in [1.82, 2.24) is 10.2 Å². The number of anilines is 1. The molecule has 3 aromatic rings. The topological polar surface area (TPSA) is 96.0 Å². The van der Waals surface area contributed by atoms with Crippen LogP contribution in [0.15, 0.2) is 76.1 Å². The van der Waals surface area contributed by atoms with Gasteiger partial charge in [-0.05, 0) is 72.6 Å². The number of nitrogens with one attached hydrogen (secondary N) is 1. The third-order valence-electron chi connectivity index (χ3n) is 6.20. The van der Waals surface area contributed by atoms with Gasteiger partial charge in [0.05, 0.1) is 22.2 Å². The van der Waals surface area contributed by atoms with Crippen LogP contribution in [-0.2, 0) is 26.2 Å². The Labute approximate surface area is 232 Å². The molecule has 1 unspecified atom stereocenters. The van der Waals surface area contributed by atoms with E-state index >= 15 is 0 Å². The molecule has 1 N–H and O–H groups in total. The van der Waals surface area contributed by atoms with Gasteiger partial charge in [0.15, 0.2) is 0 Å². The molecule has 0 saturated carbocycles. The molecular formula is C28H32BrN3O5S. The van der Waals surface area contributed by atoms with Crippen molar-refractivity contribution in [3.05, 3.63) is 87.9 Å². The number of halogens is 1. The van der Waals surface area contributed by atoms with Crippen molar-refractivity contribution in [1.29, 1.82) is 0 Å². The zero-order valence-corrected chi connectivity index (χ0v) is 24.5. The van der Waals surface area contributed by atoms with Crippen molar-refractivity contribution >= 4 is 43.5 Å². The van der Waals surface area contributed by atoms with Crippen LogP contribution in [0.25, 0.3) is 0 Å². The van der Waals surface area contributed by atoms with Crippen LogP contribution in [0.3, 0.4) is 0 Å². The highest BCUT2D eigenvalue weighted by Gasteiger charge is 2.32. The van der Waals surface area contributed by atoms with Gasteiger partial charge in [-0.2, -0.15) is 0 Å². The van der Waals surface area contributed by atoms with Crippen LogP contribution in [0.2, 0.25) is 0 Å². The van der Waals surface area contributed by atoms with Crippen LogP contribution in [0, 0.1) is 13.8 Å². The molecule has 0 aliphatic rings. The van der Waals surface area contributed by atoms with Gasteiger partial charge in [-0.3, -0.25) is 13.9 Å². The number of rotatable bonds is 10. The SMILES string of the molecule is CNC(=O)C(C)N(Cc1ccc(C)cc1)C(=O)CN(c1ccc(C)cc1)S(=O)(=O)c1ccc(OC)c(Br)c1. The van der Waals surface area contributed by atoms with Crippen molar-refractivity contribution in [2.75, 3.05) is 25.0 Å². The highest BCUT2D eigenvalue weighted by molar-refractivity contribution is 9.10. The van der Waals surface area contributed by atoms with Gasteiger partial charge in [0.25, 0.3) is 10.0 Å². The molecule has 2 amide bonds. The Bertz CT molecular complexity index is 1390. The van der Waals surface area contributed by atoms with Gasteiger partial charge in [-0.25, -0.2) is 8.42 Å². The number of benzene rings is 3. The van der Waals surface area contributed by atoms with Crippen LogP contribution in [-0.4, -0.2) is 51.9 Å². The van der Waals surface area contributed by atoms with E-state index in [9.17, 15) is 18.0 Å². The fourth-order valence-corrected chi connectivity index (χ4v) is 5.99. The zero-order valence-electron chi connectivity index (χ0n) is 22.1. The number of methoxy groups -OCH3 is 1. The Kier molecular flexibility index (Phi) is 9.56. The molecule has 0 aliphatic heterocycles. The lowest BCUT2D eigenvalue weighted by atomic mass is 10.1. The molecule has 0 heterocycles. The summed E-state index contributed by atoms with van der Waals surface area (Å²) in [6.07, 6.45) is 0. The molecular weight excluding hydrogens is 570 g/mol. The van der Waals surface area contributed by atoms with Gasteiger partial charge in [0.2, 0.25) is 11.8 Å². The predicted molar refractivity (Wildman–Crippen MR) is 152 cm³/mol. The average Bonchev–Trinajstić information content (AvgIpc) is 2.90. The monoisotopic (exact) mass is 601 g/mol. The lowest BCUT2D eigenvalue weighted by molar-refractivity contribution is -0.139. The van der Waals surface area contributed by atoms with E-state index in [1.807, 2.05) is 38.1 Å². The largest absolute Gasteiger partial charge is 0.496 e. The van der Waals surface area contributed by atoms with Gasteiger partial charge in [0, 0.05) is 13.6 Å². The van der Waals surface area contributed by atoms with Gasteiger partial charge in [-0.1, -0.05) is 47.5 Å². The molecule has 0 aliphatic carbocycles. The first-order valence-corrected chi connectivity index (χ1v) is 14.2. The molecule has 0 radical (unpaired) electrons. The molecule has 1 atom stereocenters. The molecule has 10 heteroatoms. The smallest absolute Gasteiger partial charge is 0.264 e. The van der Waals surface area contributed by atoms with Crippen molar-refractivity contribution in [2.24, 2.45) is 0 Å². The highest BCUT2D eigenvalue weighted by atomic mass is 79.9. The minimum absolute atomic E-state index is 0.0111. The summed E-state index contributed by atoms with van der Waals surface area (Å²) in [7, 11) is -1.19. The summed E-state index contributed by atoms with van der Waals surface area (Å²) in [4.78, 5) is 27.7. The summed E-state index contributed by atoms with van der Waals surface area (Å²) in [6, 6.07) is 18.1. The summed E-state index contributed by atoms with van der Waals surface area (Å²) in [5.74, 6) is -0.390. The molecule has 8 nitrogen and oxygen atoms in total. The first-order valence-electron chi connectivity index (χ1n) is 12.0. The molecule has 0 aromatic heterocycles. The first kappa shape index (κ1) is 29.2. The second-order valence-corrected chi connectivity index (χ2v) is 11.7. The molecule has 38 heavy (non-hydrogen) atoms. The van der Waals surface area contributed by atoms with Crippen LogP contribution in [0.1, 0.15) is 23.6 Å². The van der Waals surface area contributed by atoms with Crippen LogP contribution >= 0.6 is 15.9 Å². The summed E-state index contributed by atoms with van der Waals surface area (Å²) in [5, 5.41) is 2.58. The Morgan fingerprint density at radius 1 is 0.974 bits per heavy atom. The summed E-state index contributed by atoms with van der Waals surface area (Å²) in [5.41, 5.74) is 3.16. The number of carbonyl (C=O) groups is 2. The fourth-order valence-electron chi connectivity index (χ4n) is 3.86. The van der Waals surface area contributed by atoms with E-state index < -0.39 is 28.5 Å². The van der Waals surface area contributed by atoms with Crippen LogP contribution in [0.4, 0.5) is 5.69 Å². The molecule has 0 fully saturated rings. The number of aryl methyl sites for hydroxylation is 2. The predicted octanol–water partition coefficient (Wildman–Crippen LogP) is 4.43. The van der Waals surface area contributed by atoms with Gasteiger partial charge >= 0.3 is 0 Å². The van der Waals surface area contributed by atoms with Gasteiger partial charge in [0.1, 0.15) is 18.3 Å². The van der Waals surface area contributed by atoms with E-state index in [1.54, 1.807) is 37.3 Å². The standard InChI is InChI=1S/C28H32BrN3O5S/c1-19-6-10-22(11-7-19)17-31(21(3)28(34)30-4)27(33)18-32(23-12-8-20(2)9-13-23)38(35,36)24-14-15-26(37-5)25(29)16-24/h6-16,21H,17-18H2,1-5H3,(H,30,34). The van der Waals surface area contributed by atoms with E-state index in [0.717, 1.165) is 21.0 Å². The maximum absolute atomic E-state index is 13.9. The van der Waals surface area contributed by atoms with E-state index in [0.29, 0.717) is 15.9 Å². The summed E-state index contributed by atoms with van der Waals surface area (Å²) >= 11 is 3.35. The Morgan fingerprint density at radius 3 is 2.08 bits per heavy atom. The van der Waals surface area contributed by atoms with E-state index in [2.05, 4.69) is 21.2 Å². The first-order chi connectivity index (χ1) is 18.0. The maximum atomic E-state index is 13.9. The number of hydrogen-bond donors (Lipinski definition) is 1. The molecule has 3 rings (SSSR count). The van der Waals surface area contributed by atoms with E-state index in [4.69, 9.17) is 4.74 Å². The van der Waals surface area contributed by atoms with Gasteiger partial charge < -0.3 is 15.0 Å². The third-order valence-corrected chi connectivity index (χ3v) is 8.59.